The van der Waals surface area contributed by atoms with Gasteiger partial charge in [0.2, 0.25) is 0 Å². The number of hydrogen-bond donors (Lipinski definition) is 0. The van der Waals surface area contributed by atoms with Gasteiger partial charge in [-0.3, -0.25) is 4.79 Å². The number of carbonyl (C=O) groups is 1. The van der Waals surface area contributed by atoms with E-state index in [1.807, 2.05) is 18.2 Å². The molecule has 0 unspecified atom stereocenters. The van der Waals surface area contributed by atoms with Crippen LogP contribution in [0.5, 0.6) is 0 Å². The Morgan fingerprint density at radius 3 is 2.80 bits per heavy atom. The lowest BCUT2D eigenvalue weighted by Gasteiger charge is -2.15. The SMILES string of the molecule is CN(Cc1ccc2nsnc2c1)C(=O)c1csc(-c2ncccn2)n1. The van der Waals surface area contributed by atoms with Crippen molar-refractivity contribution in [3.63, 3.8) is 0 Å². The molecule has 0 saturated heterocycles. The molecule has 0 aliphatic carbocycles. The second-order valence-electron chi connectivity index (χ2n) is 5.36. The van der Waals surface area contributed by atoms with Gasteiger partial charge in [-0.15, -0.1) is 11.3 Å². The Kier molecular flexibility index (Phi) is 4.16. The monoisotopic (exact) mass is 368 g/mol. The average Bonchev–Trinajstić information content (AvgIpc) is 3.31. The van der Waals surface area contributed by atoms with E-state index < -0.39 is 0 Å². The van der Waals surface area contributed by atoms with Gasteiger partial charge >= 0.3 is 0 Å². The van der Waals surface area contributed by atoms with Crippen molar-refractivity contribution in [1.82, 2.24) is 28.6 Å². The first-order valence-corrected chi connectivity index (χ1v) is 9.01. The van der Waals surface area contributed by atoms with Crippen molar-refractivity contribution >= 4 is 40.0 Å². The molecule has 1 amide bonds. The largest absolute Gasteiger partial charge is 0.336 e. The first kappa shape index (κ1) is 15.7. The molecule has 9 heteroatoms. The fourth-order valence-electron chi connectivity index (χ4n) is 2.35. The van der Waals surface area contributed by atoms with E-state index in [0.717, 1.165) is 16.6 Å². The third kappa shape index (κ3) is 3.24. The molecule has 0 radical (unpaired) electrons. The molecule has 7 nitrogen and oxygen atoms in total. The molecular weight excluding hydrogens is 356 g/mol. The first-order chi connectivity index (χ1) is 12.2. The molecule has 4 rings (SSSR count). The van der Waals surface area contributed by atoms with Crippen LogP contribution in [-0.2, 0) is 6.54 Å². The summed E-state index contributed by atoms with van der Waals surface area (Å²) < 4.78 is 8.41. The van der Waals surface area contributed by atoms with E-state index in [2.05, 4.69) is 23.7 Å². The Morgan fingerprint density at radius 2 is 1.96 bits per heavy atom. The molecule has 0 aliphatic heterocycles. The highest BCUT2D eigenvalue weighted by Gasteiger charge is 2.17. The van der Waals surface area contributed by atoms with Gasteiger partial charge in [-0.1, -0.05) is 6.07 Å². The van der Waals surface area contributed by atoms with Crippen LogP contribution in [0.2, 0.25) is 0 Å². The maximum atomic E-state index is 12.6. The summed E-state index contributed by atoms with van der Waals surface area (Å²) in [6.45, 7) is 0.473. The van der Waals surface area contributed by atoms with Crippen LogP contribution in [0.4, 0.5) is 0 Å². The number of nitrogens with zero attached hydrogens (tertiary/aromatic N) is 6. The number of thiazole rings is 1. The molecule has 3 aromatic heterocycles. The molecule has 0 aliphatic rings. The second-order valence-corrected chi connectivity index (χ2v) is 6.75. The Labute approximate surface area is 151 Å². The third-order valence-corrected chi connectivity index (χ3v) is 4.96. The molecule has 1 aromatic carbocycles. The van der Waals surface area contributed by atoms with E-state index in [9.17, 15) is 4.79 Å². The number of fused-ring (bicyclic) bond motifs is 1. The van der Waals surface area contributed by atoms with Crippen molar-refractivity contribution in [2.75, 3.05) is 7.05 Å². The highest BCUT2D eigenvalue weighted by atomic mass is 32.1. The van der Waals surface area contributed by atoms with Gasteiger partial charge in [0.1, 0.15) is 16.7 Å². The van der Waals surface area contributed by atoms with Gasteiger partial charge in [0, 0.05) is 31.4 Å². The lowest BCUT2D eigenvalue weighted by atomic mass is 10.2. The van der Waals surface area contributed by atoms with Gasteiger partial charge in [0.25, 0.3) is 5.91 Å². The molecule has 124 valence electrons. The van der Waals surface area contributed by atoms with Crippen molar-refractivity contribution in [3.05, 3.63) is 53.3 Å². The topological polar surface area (TPSA) is 84.8 Å². The van der Waals surface area contributed by atoms with E-state index >= 15 is 0 Å². The zero-order chi connectivity index (χ0) is 17.2. The summed E-state index contributed by atoms with van der Waals surface area (Å²) in [5.41, 5.74) is 3.11. The summed E-state index contributed by atoms with van der Waals surface area (Å²) in [5, 5.41) is 2.37. The molecule has 4 aromatic rings. The molecule has 25 heavy (non-hydrogen) atoms. The molecular formula is C16H12N6OS2. The number of aromatic nitrogens is 5. The van der Waals surface area contributed by atoms with Crippen molar-refractivity contribution in [2.24, 2.45) is 0 Å². The van der Waals surface area contributed by atoms with Crippen LogP contribution >= 0.6 is 23.1 Å². The van der Waals surface area contributed by atoms with Crippen LogP contribution in [-0.4, -0.2) is 41.6 Å². The van der Waals surface area contributed by atoms with Crippen molar-refractivity contribution < 1.29 is 4.79 Å². The Bertz CT molecular complexity index is 1030. The second kappa shape index (κ2) is 6.61. The summed E-state index contributed by atoms with van der Waals surface area (Å²) in [4.78, 5) is 26.9. The van der Waals surface area contributed by atoms with Crippen LogP contribution < -0.4 is 0 Å². The highest BCUT2D eigenvalue weighted by molar-refractivity contribution is 7.13. The van der Waals surface area contributed by atoms with E-state index in [-0.39, 0.29) is 5.91 Å². The van der Waals surface area contributed by atoms with Crippen LogP contribution in [0, 0.1) is 0 Å². The van der Waals surface area contributed by atoms with Gasteiger partial charge in [-0.2, -0.15) is 8.75 Å². The lowest BCUT2D eigenvalue weighted by Crippen LogP contribution is -2.26. The van der Waals surface area contributed by atoms with Gasteiger partial charge in [0.05, 0.1) is 11.7 Å². The van der Waals surface area contributed by atoms with Crippen LogP contribution in [0.1, 0.15) is 16.1 Å². The summed E-state index contributed by atoms with van der Waals surface area (Å²) in [5.74, 6) is 0.380. The lowest BCUT2D eigenvalue weighted by molar-refractivity contribution is 0.0780. The third-order valence-electron chi connectivity index (χ3n) is 3.56. The predicted octanol–water partition coefficient (Wildman–Crippen LogP) is 2.88. The van der Waals surface area contributed by atoms with Crippen LogP contribution in [0.15, 0.2) is 42.0 Å². The van der Waals surface area contributed by atoms with E-state index in [4.69, 9.17) is 0 Å². The quantitative estimate of drug-likeness (QED) is 0.551. The number of amides is 1. The molecule has 0 saturated carbocycles. The zero-order valence-electron chi connectivity index (χ0n) is 13.2. The molecule has 0 bridgehead atoms. The van der Waals surface area contributed by atoms with Gasteiger partial charge in [0.15, 0.2) is 10.8 Å². The summed E-state index contributed by atoms with van der Waals surface area (Å²) in [6, 6.07) is 7.57. The zero-order valence-corrected chi connectivity index (χ0v) is 14.8. The van der Waals surface area contributed by atoms with Crippen molar-refractivity contribution in [1.29, 1.82) is 0 Å². The minimum atomic E-state index is -0.144. The highest BCUT2D eigenvalue weighted by Crippen LogP contribution is 2.21. The van der Waals surface area contributed by atoms with Gasteiger partial charge < -0.3 is 4.90 Å². The van der Waals surface area contributed by atoms with Gasteiger partial charge in [-0.05, 0) is 23.8 Å². The van der Waals surface area contributed by atoms with E-state index in [1.165, 1.54) is 23.1 Å². The number of carbonyl (C=O) groups excluding carboxylic acids is 1. The summed E-state index contributed by atoms with van der Waals surface area (Å²) in [7, 11) is 1.75. The summed E-state index contributed by atoms with van der Waals surface area (Å²) >= 11 is 2.54. The number of hydrogen-bond acceptors (Lipinski definition) is 8. The average molecular weight is 368 g/mol. The Hall–Kier alpha value is -2.78. The molecule has 0 fully saturated rings. The number of rotatable bonds is 4. The predicted molar refractivity (Wildman–Crippen MR) is 96.4 cm³/mol. The fourth-order valence-corrected chi connectivity index (χ4v) is 3.61. The van der Waals surface area contributed by atoms with E-state index in [1.54, 1.807) is 35.8 Å². The Balaban J connectivity index is 1.51. The molecule has 0 spiro atoms. The molecule has 0 N–H and O–H groups in total. The minimum Gasteiger partial charge on any atom is -0.336 e. The van der Waals surface area contributed by atoms with E-state index in [0.29, 0.717) is 23.1 Å². The van der Waals surface area contributed by atoms with Crippen molar-refractivity contribution in [2.45, 2.75) is 6.54 Å². The maximum Gasteiger partial charge on any atom is 0.273 e. The molecule has 3 heterocycles. The summed E-state index contributed by atoms with van der Waals surface area (Å²) in [6.07, 6.45) is 3.31. The fraction of sp³-hybridized carbons (Fsp3) is 0.125. The van der Waals surface area contributed by atoms with Crippen LogP contribution in [0.3, 0.4) is 0 Å². The minimum absolute atomic E-state index is 0.144. The normalized spacial score (nSPS) is 10.9. The van der Waals surface area contributed by atoms with Crippen molar-refractivity contribution in [3.8, 4) is 10.8 Å². The van der Waals surface area contributed by atoms with Crippen LogP contribution in [0.25, 0.3) is 21.9 Å². The Morgan fingerprint density at radius 1 is 1.16 bits per heavy atom. The maximum absolute atomic E-state index is 12.6. The molecule has 0 atom stereocenters. The standard InChI is InChI=1S/C16H12N6OS2/c1-22(8-10-3-4-11-12(7-10)21-25-20-11)16(23)13-9-24-15(19-13)14-17-5-2-6-18-14/h2-7,9H,8H2,1H3. The smallest absolute Gasteiger partial charge is 0.273 e. The first-order valence-electron chi connectivity index (χ1n) is 7.40. The van der Waals surface area contributed by atoms with Gasteiger partial charge in [-0.25, -0.2) is 15.0 Å². The number of benzene rings is 1.